The average molecular weight is 488 g/mol. The summed E-state index contributed by atoms with van der Waals surface area (Å²) in [5, 5.41) is 16.5. The van der Waals surface area contributed by atoms with Crippen LogP contribution in [0.2, 0.25) is 5.02 Å². The fourth-order valence-electron chi connectivity index (χ4n) is 3.30. The number of benzene rings is 3. The molecule has 10 heteroatoms. The maximum absolute atomic E-state index is 13.4. The average Bonchev–Trinajstić information content (AvgIpc) is 3.25. The standard InChI is InChI=1S/C24H17ClF3N3O3/c1-34-21-11-10-16(12-20(21)32)29-23(33)15-8-6-14(7-9-15)19-13-22(24(26,27)28)30-31(19)18-5-3-2-4-17(18)25/h2-13,32H,1H3,(H,29,33). The molecule has 4 aromatic rings. The van der Waals surface area contributed by atoms with E-state index < -0.39 is 17.8 Å². The number of methoxy groups -OCH3 is 1. The number of carbonyl (C=O) groups excluding carboxylic acids is 1. The molecule has 174 valence electrons. The highest BCUT2D eigenvalue weighted by Crippen LogP contribution is 2.35. The third kappa shape index (κ3) is 4.69. The number of phenolic OH excluding ortho intramolecular Hbond substituents is 1. The van der Waals surface area contributed by atoms with Gasteiger partial charge in [-0.15, -0.1) is 0 Å². The van der Waals surface area contributed by atoms with Crippen LogP contribution >= 0.6 is 11.6 Å². The molecule has 0 atom stereocenters. The van der Waals surface area contributed by atoms with Gasteiger partial charge in [-0.2, -0.15) is 18.3 Å². The van der Waals surface area contributed by atoms with Gasteiger partial charge in [0.25, 0.3) is 5.91 Å². The molecule has 0 bridgehead atoms. The molecule has 0 aliphatic rings. The number of ether oxygens (including phenoxy) is 1. The number of aromatic nitrogens is 2. The van der Waals surface area contributed by atoms with Crippen molar-refractivity contribution in [2.24, 2.45) is 0 Å². The van der Waals surface area contributed by atoms with Crippen LogP contribution < -0.4 is 10.1 Å². The van der Waals surface area contributed by atoms with Crippen LogP contribution in [0.5, 0.6) is 11.5 Å². The number of hydrogen-bond acceptors (Lipinski definition) is 4. The lowest BCUT2D eigenvalue weighted by Gasteiger charge is -2.11. The maximum atomic E-state index is 13.4. The second kappa shape index (κ2) is 9.11. The Morgan fingerprint density at radius 3 is 2.38 bits per heavy atom. The van der Waals surface area contributed by atoms with E-state index in [0.717, 1.165) is 10.7 Å². The van der Waals surface area contributed by atoms with Crippen LogP contribution in [0.3, 0.4) is 0 Å². The summed E-state index contributed by atoms with van der Waals surface area (Å²) < 4.78 is 46.2. The zero-order valence-corrected chi connectivity index (χ0v) is 18.4. The minimum Gasteiger partial charge on any atom is -0.504 e. The number of carbonyl (C=O) groups is 1. The first-order valence-electron chi connectivity index (χ1n) is 9.88. The van der Waals surface area contributed by atoms with Crippen molar-refractivity contribution in [2.45, 2.75) is 6.18 Å². The van der Waals surface area contributed by atoms with Gasteiger partial charge in [-0.25, -0.2) is 4.68 Å². The second-order valence-electron chi connectivity index (χ2n) is 7.19. The number of para-hydroxylation sites is 1. The van der Waals surface area contributed by atoms with E-state index in [2.05, 4.69) is 10.4 Å². The highest BCUT2D eigenvalue weighted by molar-refractivity contribution is 6.32. The van der Waals surface area contributed by atoms with Gasteiger partial charge in [-0.1, -0.05) is 35.9 Å². The minimum absolute atomic E-state index is 0.135. The monoisotopic (exact) mass is 487 g/mol. The molecule has 0 radical (unpaired) electrons. The Labute approximate surface area is 197 Å². The molecule has 0 spiro atoms. The molecule has 2 N–H and O–H groups in total. The summed E-state index contributed by atoms with van der Waals surface area (Å²) in [5.41, 5.74) is 0.395. The summed E-state index contributed by atoms with van der Waals surface area (Å²) in [6.07, 6.45) is -4.65. The Balaban J connectivity index is 1.65. The number of hydrogen-bond donors (Lipinski definition) is 2. The molecule has 0 saturated heterocycles. The van der Waals surface area contributed by atoms with Crippen LogP contribution in [-0.2, 0) is 6.18 Å². The Morgan fingerprint density at radius 1 is 1.06 bits per heavy atom. The number of amides is 1. The van der Waals surface area contributed by atoms with Gasteiger partial charge in [-0.05, 0) is 42.5 Å². The minimum atomic E-state index is -4.65. The van der Waals surface area contributed by atoms with Gasteiger partial charge < -0.3 is 15.2 Å². The number of aromatic hydroxyl groups is 1. The van der Waals surface area contributed by atoms with Crippen molar-refractivity contribution in [1.82, 2.24) is 9.78 Å². The van der Waals surface area contributed by atoms with Gasteiger partial charge in [0.05, 0.1) is 23.5 Å². The molecule has 34 heavy (non-hydrogen) atoms. The zero-order valence-electron chi connectivity index (χ0n) is 17.6. The van der Waals surface area contributed by atoms with Gasteiger partial charge >= 0.3 is 6.18 Å². The molecule has 3 aromatic carbocycles. The molecule has 6 nitrogen and oxygen atoms in total. The SMILES string of the molecule is COc1ccc(NC(=O)c2ccc(-c3cc(C(F)(F)F)nn3-c3ccccc3Cl)cc2)cc1O. The molecule has 0 fully saturated rings. The van der Waals surface area contributed by atoms with Crippen molar-refractivity contribution in [1.29, 1.82) is 0 Å². The smallest absolute Gasteiger partial charge is 0.435 e. The largest absolute Gasteiger partial charge is 0.504 e. The number of nitrogens with one attached hydrogen (secondary N) is 1. The van der Waals surface area contributed by atoms with Gasteiger partial charge in [0.1, 0.15) is 0 Å². The van der Waals surface area contributed by atoms with Crippen molar-refractivity contribution in [3.05, 3.63) is 89.1 Å². The fraction of sp³-hybridized carbons (Fsp3) is 0.0833. The molecule has 0 aliphatic heterocycles. The Hall–Kier alpha value is -3.98. The lowest BCUT2D eigenvalue weighted by molar-refractivity contribution is -0.141. The topological polar surface area (TPSA) is 76.4 Å². The summed E-state index contributed by atoms with van der Waals surface area (Å²) in [4.78, 5) is 12.6. The predicted octanol–water partition coefficient (Wildman–Crippen LogP) is 6.18. The first-order valence-corrected chi connectivity index (χ1v) is 10.3. The molecular weight excluding hydrogens is 471 g/mol. The number of nitrogens with zero attached hydrogens (tertiary/aromatic N) is 2. The number of phenols is 1. The summed E-state index contributed by atoms with van der Waals surface area (Å²) >= 11 is 6.20. The van der Waals surface area contributed by atoms with Crippen LogP contribution in [0.1, 0.15) is 16.1 Å². The van der Waals surface area contributed by atoms with Crippen LogP contribution in [0, 0.1) is 0 Å². The molecule has 0 unspecified atom stereocenters. The van der Waals surface area contributed by atoms with E-state index in [4.69, 9.17) is 16.3 Å². The Kier molecular flexibility index (Phi) is 6.21. The second-order valence-corrected chi connectivity index (χ2v) is 7.60. The van der Waals surface area contributed by atoms with Crippen molar-refractivity contribution >= 4 is 23.2 Å². The third-order valence-corrected chi connectivity index (χ3v) is 5.28. The van der Waals surface area contributed by atoms with Crippen LogP contribution in [-0.4, -0.2) is 27.9 Å². The predicted molar refractivity (Wildman–Crippen MR) is 122 cm³/mol. The van der Waals surface area contributed by atoms with E-state index >= 15 is 0 Å². The molecule has 0 saturated carbocycles. The van der Waals surface area contributed by atoms with Crippen molar-refractivity contribution in [3.63, 3.8) is 0 Å². The zero-order chi connectivity index (χ0) is 24.5. The van der Waals surface area contributed by atoms with E-state index in [-0.39, 0.29) is 33.5 Å². The van der Waals surface area contributed by atoms with Gasteiger partial charge in [-0.3, -0.25) is 4.79 Å². The van der Waals surface area contributed by atoms with E-state index in [1.165, 1.54) is 43.5 Å². The summed E-state index contributed by atoms with van der Waals surface area (Å²) in [6, 6.07) is 17.7. The third-order valence-electron chi connectivity index (χ3n) is 4.96. The highest BCUT2D eigenvalue weighted by atomic mass is 35.5. The van der Waals surface area contributed by atoms with Gasteiger partial charge in [0.2, 0.25) is 0 Å². The van der Waals surface area contributed by atoms with E-state index in [9.17, 15) is 23.1 Å². The first-order chi connectivity index (χ1) is 16.2. The summed E-state index contributed by atoms with van der Waals surface area (Å²) in [5.74, 6) is -0.341. The molecule has 4 rings (SSSR count). The lowest BCUT2D eigenvalue weighted by Crippen LogP contribution is -2.11. The van der Waals surface area contributed by atoms with Gasteiger partial charge in [0, 0.05) is 22.9 Å². The van der Waals surface area contributed by atoms with E-state index in [1.54, 1.807) is 30.3 Å². The van der Waals surface area contributed by atoms with Crippen LogP contribution in [0.25, 0.3) is 16.9 Å². The van der Waals surface area contributed by atoms with Crippen molar-refractivity contribution in [3.8, 4) is 28.4 Å². The van der Waals surface area contributed by atoms with E-state index in [1.807, 2.05) is 0 Å². The number of anilines is 1. The van der Waals surface area contributed by atoms with Gasteiger partial charge in [0.15, 0.2) is 17.2 Å². The molecule has 1 amide bonds. The van der Waals surface area contributed by atoms with Crippen molar-refractivity contribution < 1.29 is 27.8 Å². The number of halogens is 4. The molecule has 1 aromatic heterocycles. The quantitative estimate of drug-likeness (QED) is 0.352. The number of rotatable bonds is 5. The lowest BCUT2D eigenvalue weighted by atomic mass is 10.1. The summed E-state index contributed by atoms with van der Waals surface area (Å²) in [6.45, 7) is 0. The fourth-order valence-corrected chi connectivity index (χ4v) is 3.51. The normalized spacial score (nSPS) is 11.3. The van der Waals surface area contributed by atoms with E-state index in [0.29, 0.717) is 11.3 Å². The van der Waals surface area contributed by atoms with Crippen molar-refractivity contribution in [2.75, 3.05) is 12.4 Å². The first kappa shape index (κ1) is 23.2. The molecular formula is C24H17ClF3N3O3. The molecule has 1 heterocycles. The highest BCUT2D eigenvalue weighted by Gasteiger charge is 2.35. The molecule has 0 aliphatic carbocycles. The Morgan fingerprint density at radius 2 is 1.76 bits per heavy atom. The Bertz CT molecular complexity index is 1350. The van der Waals surface area contributed by atoms with Crippen LogP contribution in [0.15, 0.2) is 72.8 Å². The summed E-state index contributed by atoms with van der Waals surface area (Å²) in [7, 11) is 1.41. The van der Waals surface area contributed by atoms with Crippen LogP contribution in [0.4, 0.5) is 18.9 Å². The maximum Gasteiger partial charge on any atom is 0.435 e. The number of alkyl halides is 3.